The fourth-order valence-corrected chi connectivity index (χ4v) is 1.72. The summed E-state index contributed by atoms with van der Waals surface area (Å²) in [6.07, 6.45) is 5.34. The lowest BCUT2D eigenvalue weighted by Crippen LogP contribution is -2.28. The summed E-state index contributed by atoms with van der Waals surface area (Å²) in [7, 11) is 0. The number of hydrogen-bond acceptors (Lipinski definition) is 1. The molecule has 0 aromatic heterocycles. The lowest BCUT2D eigenvalue weighted by Gasteiger charge is -2.02. The maximum atomic E-state index is 5.97. The quantitative estimate of drug-likeness (QED) is 0.846. The summed E-state index contributed by atoms with van der Waals surface area (Å²) >= 11 is 3.34. The van der Waals surface area contributed by atoms with Gasteiger partial charge in [-0.1, -0.05) is 61.0 Å². The van der Waals surface area contributed by atoms with Crippen molar-refractivity contribution in [3.8, 4) is 0 Å². The number of rotatable bonds is 3. The number of nitrogens with two attached hydrogens (primary N) is 1. The third kappa shape index (κ3) is 3.53. The van der Waals surface area contributed by atoms with E-state index in [2.05, 4.69) is 48.5 Å². The molecular weight excluding hydrogens is 262 g/mol. The van der Waals surface area contributed by atoms with Crippen LogP contribution < -0.4 is 16.2 Å². The minimum absolute atomic E-state index is 0.553. The van der Waals surface area contributed by atoms with Crippen molar-refractivity contribution < 1.29 is 0 Å². The molecule has 1 unspecified atom stereocenters. The molecule has 1 aromatic carbocycles. The summed E-state index contributed by atoms with van der Waals surface area (Å²) in [6, 6.07) is 5.98. The van der Waals surface area contributed by atoms with Crippen LogP contribution in [0.25, 0.3) is 12.2 Å². The first-order valence-electron chi connectivity index (χ1n) is 5.47. The average Bonchev–Trinajstić information content (AvgIpc) is 2.22. The molecule has 1 aromatic rings. The van der Waals surface area contributed by atoms with Gasteiger partial charge in [-0.2, -0.15) is 0 Å². The van der Waals surface area contributed by atoms with E-state index >= 15 is 0 Å². The highest BCUT2D eigenvalue weighted by Crippen LogP contribution is 2.03. The molecule has 16 heavy (non-hydrogen) atoms. The maximum Gasteiger partial charge on any atom is 0.0393 e. The van der Waals surface area contributed by atoms with Gasteiger partial charge in [0.15, 0.2) is 0 Å². The molecule has 86 valence electrons. The summed E-state index contributed by atoms with van der Waals surface area (Å²) in [6.45, 7) is 8.21. The Bertz CT molecular complexity index is 488. The normalized spacial score (nSPS) is 15.2. The van der Waals surface area contributed by atoms with Crippen molar-refractivity contribution >= 4 is 33.8 Å². The highest BCUT2D eigenvalue weighted by molar-refractivity contribution is 9.12. The Morgan fingerprint density at radius 3 is 2.81 bits per heavy atom. The van der Waals surface area contributed by atoms with Gasteiger partial charge in [-0.25, -0.2) is 0 Å². The zero-order chi connectivity index (χ0) is 12.1. The summed E-state index contributed by atoms with van der Waals surface area (Å²) in [5, 5.41) is 2.22. The summed E-state index contributed by atoms with van der Waals surface area (Å²) < 4.78 is 0.837. The van der Waals surface area contributed by atoms with Crippen molar-refractivity contribution in [2.45, 2.75) is 20.3 Å². The van der Waals surface area contributed by atoms with Crippen LogP contribution in [0.3, 0.4) is 0 Å². The van der Waals surface area contributed by atoms with Crippen molar-refractivity contribution in [1.82, 2.24) is 0 Å². The third-order valence-electron chi connectivity index (χ3n) is 2.58. The molecule has 0 amide bonds. The molecule has 1 rings (SSSR count). The van der Waals surface area contributed by atoms with Gasteiger partial charge in [0.25, 0.3) is 0 Å². The highest BCUT2D eigenvalue weighted by atomic mass is 79.9. The van der Waals surface area contributed by atoms with E-state index in [1.54, 1.807) is 0 Å². The van der Waals surface area contributed by atoms with Crippen molar-refractivity contribution in [3.63, 3.8) is 0 Å². The van der Waals surface area contributed by atoms with Gasteiger partial charge >= 0.3 is 0 Å². The van der Waals surface area contributed by atoms with Crippen LogP contribution in [0.5, 0.6) is 0 Å². The largest absolute Gasteiger partial charge is 0.398 e. The van der Waals surface area contributed by atoms with E-state index in [9.17, 15) is 0 Å². The second-order valence-corrected chi connectivity index (χ2v) is 5.01. The van der Waals surface area contributed by atoms with Crippen LogP contribution >= 0.6 is 15.9 Å². The average molecular weight is 280 g/mol. The molecule has 0 aliphatic carbocycles. The first-order valence-corrected chi connectivity index (χ1v) is 6.26. The van der Waals surface area contributed by atoms with E-state index < -0.39 is 0 Å². The first-order chi connectivity index (χ1) is 7.54. The van der Waals surface area contributed by atoms with E-state index in [1.807, 2.05) is 18.2 Å². The lowest BCUT2D eigenvalue weighted by atomic mass is 10.1. The van der Waals surface area contributed by atoms with E-state index in [-0.39, 0.29) is 0 Å². The van der Waals surface area contributed by atoms with Crippen LogP contribution in [0.4, 0.5) is 5.69 Å². The smallest absolute Gasteiger partial charge is 0.0393 e. The Morgan fingerprint density at radius 2 is 2.25 bits per heavy atom. The number of allylic oxidation sites excluding steroid dienone is 1. The van der Waals surface area contributed by atoms with Crippen molar-refractivity contribution in [3.05, 3.63) is 39.7 Å². The molecule has 0 aliphatic rings. The van der Waals surface area contributed by atoms with E-state index in [1.165, 1.54) is 5.22 Å². The summed E-state index contributed by atoms with van der Waals surface area (Å²) in [5.74, 6) is 0.553. The monoisotopic (exact) mass is 279 g/mol. The van der Waals surface area contributed by atoms with Crippen molar-refractivity contribution in [2.24, 2.45) is 5.92 Å². The third-order valence-corrected chi connectivity index (χ3v) is 2.81. The van der Waals surface area contributed by atoms with Gasteiger partial charge in [-0.15, -0.1) is 0 Å². The molecule has 0 saturated heterocycles. The molecule has 2 N–H and O–H groups in total. The maximum absolute atomic E-state index is 5.97. The van der Waals surface area contributed by atoms with Crippen LogP contribution in [0, 0.1) is 5.92 Å². The Labute approximate surface area is 105 Å². The van der Waals surface area contributed by atoms with Crippen LogP contribution in [0.15, 0.2) is 29.3 Å². The molecule has 0 bridgehead atoms. The molecule has 0 spiro atoms. The van der Waals surface area contributed by atoms with Gasteiger partial charge in [-0.05, 0) is 23.3 Å². The van der Waals surface area contributed by atoms with Gasteiger partial charge in [0.05, 0.1) is 0 Å². The van der Waals surface area contributed by atoms with E-state index in [4.69, 9.17) is 5.73 Å². The molecule has 0 heterocycles. The fraction of sp³-hybridized carbons (Fsp3) is 0.286. The fourth-order valence-electron chi connectivity index (χ4n) is 1.49. The number of anilines is 1. The number of halogens is 1. The van der Waals surface area contributed by atoms with E-state index in [0.29, 0.717) is 5.92 Å². The Morgan fingerprint density at radius 1 is 1.56 bits per heavy atom. The van der Waals surface area contributed by atoms with Crippen molar-refractivity contribution in [2.75, 3.05) is 5.73 Å². The molecule has 2 heteroatoms. The summed E-state index contributed by atoms with van der Waals surface area (Å²) in [4.78, 5) is 0. The molecule has 0 fully saturated rings. The predicted molar refractivity (Wildman–Crippen MR) is 76.6 cm³/mol. The topological polar surface area (TPSA) is 26.0 Å². The van der Waals surface area contributed by atoms with Crippen molar-refractivity contribution in [1.29, 1.82) is 0 Å². The van der Waals surface area contributed by atoms with Gasteiger partial charge < -0.3 is 5.73 Å². The van der Waals surface area contributed by atoms with Gasteiger partial charge in [-0.3, -0.25) is 0 Å². The van der Waals surface area contributed by atoms with Crippen LogP contribution in [-0.2, 0) is 0 Å². The summed E-state index contributed by atoms with van der Waals surface area (Å²) in [5.41, 5.74) is 6.76. The van der Waals surface area contributed by atoms with Gasteiger partial charge in [0.1, 0.15) is 0 Å². The lowest BCUT2D eigenvalue weighted by molar-refractivity contribution is 0.734. The first kappa shape index (κ1) is 13.0. The predicted octanol–water partition coefficient (Wildman–Crippen LogP) is 2.78. The second-order valence-electron chi connectivity index (χ2n) is 3.99. The molecule has 1 atom stereocenters. The number of nitrogen functional groups attached to an aromatic ring is 1. The molecule has 0 radical (unpaired) electrons. The van der Waals surface area contributed by atoms with Gasteiger partial charge in [0.2, 0.25) is 0 Å². The molecular formula is C14H18BrN. The molecule has 0 aliphatic heterocycles. The molecule has 1 nitrogen and oxygen atoms in total. The Hall–Kier alpha value is -1.02. The zero-order valence-corrected chi connectivity index (χ0v) is 11.4. The number of hydrogen-bond donors (Lipinski definition) is 1. The van der Waals surface area contributed by atoms with Gasteiger partial charge in [0, 0.05) is 15.4 Å². The van der Waals surface area contributed by atoms with Crippen LogP contribution in [0.1, 0.15) is 20.3 Å². The molecule has 0 saturated carbocycles. The zero-order valence-electron chi connectivity index (χ0n) is 9.83. The minimum Gasteiger partial charge on any atom is -0.398 e. The SMILES string of the molecule is C=C(Br)/C=c1/c(N)ccc/c1=C/C(C)CC. The highest BCUT2D eigenvalue weighted by Gasteiger charge is 1.95. The van der Waals surface area contributed by atoms with E-state index in [0.717, 1.165) is 21.8 Å². The van der Waals surface area contributed by atoms with Crippen LogP contribution in [-0.4, -0.2) is 0 Å². The van der Waals surface area contributed by atoms with Crippen LogP contribution in [0.2, 0.25) is 0 Å². The minimum atomic E-state index is 0.553. The second kappa shape index (κ2) is 5.90. The Kier molecular flexibility index (Phi) is 4.81. The Balaban J connectivity index is 3.46. The standard InChI is InChI=1S/C14H18BrN/c1-4-10(2)8-12-6-5-7-14(16)13(12)9-11(3)15/h5-10H,3-4,16H2,1-2H3/b12-8-,13-9+. The number of benzene rings is 1.